The fourth-order valence-corrected chi connectivity index (χ4v) is 2.33. The van der Waals surface area contributed by atoms with Crippen LogP contribution in [0.3, 0.4) is 0 Å². The average molecular weight is 295 g/mol. The van der Waals surface area contributed by atoms with Crippen molar-refractivity contribution in [3.8, 4) is 0 Å². The van der Waals surface area contributed by atoms with Crippen LogP contribution in [0.15, 0.2) is 18.2 Å². The molecular weight excluding hydrogens is 278 g/mol. The van der Waals surface area contributed by atoms with Crippen molar-refractivity contribution in [2.45, 2.75) is 12.6 Å². The molecule has 8 heteroatoms. The highest BCUT2D eigenvalue weighted by atomic mass is 16.6. The van der Waals surface area contributed by atoms with Crippen LogP contribution < -0.4 is 10.2 Å². The quantitative estimate of drug-likeness (QED) is 0.600. The van der Waals surface area contributed by atoms with Gasteiger partial charge in [0.05, 0.1) is 24.7 Å². The topological polar surface area (TPSA) is 105 Å². The molecule has 1 heterocycles. The van der Waals surface area contributed by atoms with Crippen molar-refractivity contribution in [3.05, 3.63) is 33.9 Å². The van der Waals surface area contributed by atoms with Crippen LogP contribution >= 0.6 is 0 Å². The third-order valence-corrected chi connectivity index (χ3v) is 3.41. The van der Waals surface area contributed by atoms with Crippen molar-refractivity contribution in [1.82, 2.24) is 5.32 Å². The van der Waals surface area contributed by atoms with Crippen molar-refractivity contribution in [2.75, 3.05) is 31.7 Å². The molecule has 8 nitrogen and oxygen atoms in total. The van der Waals surface area contributed by atoms with E-state index < -0.39 is 11.0 Å². The van der Waals surface area contributed by atoms with E-state index in [0.717, 1.165) is 0 Å². The number of nitrogens with one attached hydrogen (secondary N) is 1. The molecule has 1 saturated heterocycles. The van der Waals surface area contributed by atoms with E-state index in [1.807, 2.05) is 0 Å². The predicted molar refractivity (Wildman–Crippen MR) is 75.0 cm³/mol. The zero-order chi connectivity index (χ0) is 15.4. The number of carbonyl (C=O) groups excluding carboxylic acids is 1. The Morgan fingerprint density at radius 2 is 2.38 bits per heavy atom. The molecule has 1 fully saturated rings. The van der Waals surface area contributed by atoms with Crippen LogP contribution in [-0.4, -0.2) is 48.8 Å². The number of aliphatic hydroxyl groups excluding tert-OH is 1. The second kappa shape index (κ2) is 6.51. The van der Waals surface area contributed by atoms with Gasteiger partial charge in [0.25, 0.3) is 5.69 Å². The first-order valence-electron chi connectivity index (χ1n) is 6.52. The lowest BCUT2D eigenvalue weighted by Gasteiger charge is -2.35. The average Bonchev–Trinajstić information content (AvgIpc) is 2.53. The van der Waals surface area contributed by atoms with Crippen LogP contribution in [0.1, 0.15) is 5.56 Å². The summed E-state index contributed by atoms with van der Waals surface area (Å²) in [7, 11) is 1.51. The standard InChI is InChI=1S/C13H17N3O5/c1-14-13(18)12-8-21-5-4-15(12)10-3-2-9(7-17)6-11(10)16(19)20/h2-3,6,12,17H,4-5,7-8H2,1H3,(H,14,18). The first-order valence-corrected chi connectivity index (χ1v) is 6.52. The van der Waals surface area contributed by atoms with Crippen LogP contribution in [0.5, 0.6) is 0 Å². The normalized spacial score (nSPS) is 18.4. The number of hydrogen-bond donors (Lipinski definition) is 2. The number of aliphatic hydroxyl groups is 1. The third kappa shape index (κ3) is 3.11. The summed E-state index contributed by atoms with van der Waals surface area (Å²) in [5, 5.41) is 22.9. The fourth-order valence-electron chi connectivity index (χ4n) is 2.33. The van der Waals surface area contributed by atoms with Crippen LogP contribution in [0.2, 0.25) is 0 Å². The zero-order valence-electron chi connectivity index (χ0n) is 11.6. The molecule has 1 aromatic carbocycles. The molecule has 1 aliphatic rings. The van der Waals surface area contributed by atoms with Gasteiger partial charge in [0, 0.05) is 19.7 Å². The van der Waals surface area contributed by atoms with Crippen molar-refractivity contribution < 1.29 is 19.6 Å². The van der Waals surface area contributed by atoms with E-state index >= 15 is 0 Å². The molecule has 2 N–H and O–H groups in total. The van der Waals surface area contributed by atoms with E-state index in [2.05, 4.69) is 5.32 Å². The van der Waals surface area contributed by atoms with Crippen molar-refractivity contribution >= 4 is 17.3 Å². The van der Waals surface area contributed by atoms with Gasteiger partial charge >= 0.3 is 0 Å². The van der Waals surface area contributed by atoms with Gasteiger partial charge in [0.2, 0.25) is 5.91 Å². The van der Waals surface area contributed by atoms with Crippen molar-refractivity contribution in [3.63, 3.8) is 0 Å². The summed E-state index contributed by atoms with van der Waals surface area (Å²) in [6.07, 6.45) is 0. The third-order valence-electron chi connectivity index (χ3n) is 3.41. The van der Waals surface area contributed by atoms with E-state index in [0.29, 0.717) is 24.4 Å². The Labute approximate surface area is 121 Å². The number of carbonyl (C=O) groups is 1. The van der Waals surface area contributed by atoms with Gasteiger partial charge in [-0.2, -0.15) is 0 Å². The Hall–Kier alpha value is -2.19. The summed E-state index contributed by atoms with van der Waals surface area (Å²) in [5.74, 6) is -0.254. The molecule has 21 heavy (non-hydrogen) atoms. The number of hydrogen-bond acceptors (Lipinski definition) is 6. The Morgan fingerprint density at radius 1 is 1.62 bits per heavy atom. The van der Waals surface area contributed by atoms with Gasteiger partial charge in [-0.3, -0.25) is 14.9 Å². The highest BCUT2D eigenvalue weighted by molar-refractivity contribution is 5.86. The van der Waals surface area contributed by atoms with Crippen LogP contribution in [0.4, 0.5) is 11.4 Å². The second-order valence-electron chi connectivity index (χ2n) is 4.64. The molecule has 1 aliphatic heterocycles. The van der Waals surface area contributed by atoms with Crippen molar-refractivity contribution in [1.29, 1.82) is 0 Å². The lowest BCUT2D eigenvalue weighted by Crippen LogP contribution is -2.53. The maximum absolute atomic E-state index is 11.9. The summed E-state index contributed by atoms with van der Waals surface area (Å²) >= 11 is 0. The van der Waals surface area contributed by atoms with E-state index in [1.165, 1.54) is 13.1 Å². The van der Waals surface area contributed by atoms with E-state index in [-0.39, 0.29) is 24.8 Å². The highest BCUT2D eigenvalue weighted by Crippen LogP contribution is 2.31. The lowest BCUT2D eigenvalue weighted by molar-refractivity contribution is -0.384. The highest BCUT2D eigenvalue weighted by Gasteiger charge is 2.32. The zero-order valence-corrected chi connectivity index (χ0v) is 11.6. The predicted octanol–water partition coefficient (Wildman–Crippen LogP) is 0.0383. The van der Waals surface area contributed by atoms with Crippen LogP contribution in [-0.2, 0) is 16.1 Å². The van der Waals surface area contributed by atoms with Gasteiger partial charge in [0.1, 0.15) is 11.7 Å². The molecule has 2 rings (SSSR count). The number of amides is 1. The number of rotatable bonds is 4. The molecule has 0 aromatic heterocycles. The molecule has 1 atom stereocenters. The summed E-state index contributed by atoms with van der Waals surface area (Å²) < 4.78 is 5.29. The summed E-state index contributed by atoms with van der Waals surface area (Å²) in [6, 6.07) is 3.89. The Kier molecular flexibility index (Phi) is 4.71. The number of benzene rings is 1. The van der Waals surface area contributed by atoms with Gasteiger partial charge in [0.15, 0.2) is 0 Å². The number of nitrogens with zero attached hydrogens (tertiary/aromatic N) is 2. The first kappa shape index (κ1) is 15.2. The fraction of sp³-hybridized carbons (Fsp3) is 0.462. The number of morpholine rings is 1. The molecule has 0 saturated carbocycles. The second-order valence-corrected chi connectivity index (χ2v) is 4.64. The lowest BCUT2D eigenvalue weighted by atomic mass is 10.1. The minimum absolute atomic E-state index is 0.127. The molecular formula is C13H17N3O5. The number of anilines is 1. The number of nitro groups is 1. The van der Waals surface area contributed by atoms with E-state index in [9.17, 15) is 14.9 Å². The van der Waals surface area contributed by atoms with E-state index in [1.54, 1.807) is 17.0 Å². The Morgan fingerprint density at radius 3 is 3.00 bits per heavy atom. The molecule has 1 unspecified atom stereocenters. The van der Waals surface area contributed by atoms with Gasteiger partial charge in [-0.05, 0) is 11.6 Å². The number of ether oxygens (including phenoxy) is 1. The monoisotopic (exact) mass is 295 g/mol. The first-order chi connectivity index (χ1) is 10.1. The summed E-state index contributed by atoms with van der Waals surface area (Å²) in [6.45, 7) is 0.686. The molecule has 0 bridgehead atoms. The van der Waals surface area contributed by atoms with Gasteiger partial charge in [-0.25, -0.2) is 0 Å². The minimum atomic E-state index is -0.609. The van der Waals surface area contributed by atoms with Crippen LogP contribution in [0, 0.1) is 10.1 Å². The smallest absolute Gasteiger partial charge is 0.292 e. The molecule has 1 amide bonds. The number of likely N-dealkylation sites (N-methyl/N-ethyl adjacent to an activating group) is 1. The minimum Gasteiger partial charge on any atom is -0.392 e. The maximum atomic E-state index is 11.9. The number of nitro benzene ring substituents is 1. The molecule has 0 spiro atoms. The summed E-state index contributed by atoms with van der Waals surface area (Å²) in [5.41, 5.74) is 0.682. The van der Waals surface area contributed by atoms with E-state index in [4.69, 9.17) is 9.84 Å². The van der Waals surface area contributed by atoms with Gasteiger partial charge in [-0.15, -0.1) is 0 Å². The largest absolute Gasteiger partial charge is 0.392 e. The Balaban J connectivity index is 2.42. The van der Waals surface area contributed by atoms with Crippen molar-refractivity contribution in [2.24, 2.45) is 0 Å². The maximum Gasteiger partial charge on any atom is 0.292 e. The Bertz CT molecular complexity index is 549. The molecule has 0 radical (unpaired) electrons. The SMILES string of the molecule is CNC(=O)C1COCCN1c1ccc(CO)cc1[N+](=O)[O-]. The molecule has 114 valence electrons. The van der Waals surface area contributed by atoms with Gasteiger partial charge < -0.3 is 20.1 Å². The summed E-state index contributed by atoms with van der Waals surface area (Å²) in [4.78, 5) is 24.3. The van der Waals surface area contributed by atoms with Crippen LogP contribution in [0.25, 0.3) is 0 Å². The molecule has 0 aliphatic carbocycles. The van der Waals surface area contributed by atoms with Gasteiger partial charge in [-0.1, -0.05) is 6.07 Å². The molecule has 1 aromatic rings.